The van der Waals surface area contributed by atoms with Gasteiger partial charge in [0.2, 0.25) is 0 Å². The van der Waals surface area contributed by atoms with Crippen molar-refractivity contribution in [2.24, 2.45) is 0 Å². The van der Waals surface area contributed by atoms with Gasteiger partial charge in [-0.2, -0.15) is 0 Å². The van der Waals surface area contributed by atoms with Gasteiger partial charge >= 0.3 is 0 Å². The zero-order valence-electron chi connectivity index (χ0n) is 9.93. The summed E-state index contributed by atoms with van der Waals surface area (Å²) in [5.41, 5.74) is 0. The maximum atomic E-state index is 11.3. The molecule has 0 bridgehead atoms. The third-order valence-electron chi connectivity index (χ3n) is 2.43. The molecule has 17 heavy (non-hydrogen) atoms. The minimum Gasteiger partial charge on any atom is -0.382 e. The van der Waals surface area contributed by atoms with Gasteiger partial charge in [-0.1, -0.05) is 15.9 Å². The first kappa shape index (κ1) is 15.4. The highest BCUT2D eigenvalue weighted by Crippen LogP contribution is 2.22. The number of hydrogen-bond acceptors (Lipinski definition) is 5. The molecule has 1 saturated heterocycles. The fraction of sp³-hybridized carbons (Fsp3) is 1.00. The molecule has 2 unspecified atom stereocenters. The molecule has 0 aromatic heterocycles. The summed E-state index contributed by atoms with van der Waals surface area (Å²) in [5, 5.41) is 0. The van der Waals surface area contributed by atoms with Crippen LogP contribution in [0.4, 0.5) is 0 Å². The van der Waals surface area contributed by atoms with E-state index < -0.39 is 9.84 Å². The highest BCUT2D eigenvalue weighted by atomic mass is 79.9. The second-order valence-electron chi connectivity index (χ2n) is 3.96. The first-order valence-electron chi connectivity index (χ1n) is 5.58. The molecule has 1 heterocycles. The summed E-state index contributed by atoms with van der Waals surface area (Å²) in [7, 11) is -1.29. The summed E-state index contributed by atoms with van der Waals surface area (Å²) < 4.78 is 38.2. The maximum Gasteiger partial charge on any atom is 0.154 e. The number of methoxy groups -OCH3 is 1. The van der Waals surface area contributed by atoms with Gasteiger partial charge in [-0.05, 0) is 6.42 Å². The van der Waals surface area contributed by atoms with Crippen LogP contribution in [0.3, 0.4) is 0 Å². The van der Waals surface area contributed by atoms with Crippen LogP contribution in [0.15, 0.2) is 0 Å². The Morgan fingerprint density at radius 1 is 1.18 bits per heavy atom. The van der Waals surface area contributed by atoms with Crippen LogP contribution in [0.5, 0.6) is 0 Å². The highest BCUT2D eigenvalue weighted by molar-refractivity contribution is 9.09. The van der Waals surface area contributed by atoms with E-state index in [1.807, 2.05) is 0 Å². The Balaban J connectivity index is 2.04. The third-order valence-corrected chi connectivity index (χ3v) is 5.48. The summed E-state index contributed by atoms with van der Waals surface area (Å²) in [6.45, 7) is 2.30. The van der Waals surface area contributed by atoms with Crippen molar-refractivity contribution in [2.45, 2.75) is 17.4 Å². The van der Waals surface area contributed by atoms with Gasteiger partial charge in [0.1, 0.15) is 0 Å². The molecule has 0 saturated carbocycles. The summed E-state index contributed by atoms with van der Waals surface area (Å²) in [6.07, 6.45) is 0.541. The molecular formula is C10H19BrO5S. The van der Waals surface area contributed by atoms with Gasteiger partial charge in [-0.3, -0.25) is 0 Å². The zero-order valence-corrected chi connectivity index (χ0v) is 12.3. The van der Waals surface area contributed by atoms with Crippen molar-refractivity contribution in [1.82, 2.24) is 0 Å². The topological polar surface area (TPSA) is 61.8 Å². The predicted octanol–water partition coefficient (Wildman–Crippen LogP) is 0.617. The van der Waals surface area contributed by atoms with Crippen molar-refractivity contribution in [3.8, 4) is 0 Å². The van der Waals surface area contributed by atoms with Crippen molar-refractivity contribution in [3.63, 3.8) is 0 Å². The Kier molecular flexibility index (Phi) is 6.94. The normalized spacial score (nSPS) is 27.4. The minimum atomic E-state index is -2.92. The van der Waals surface area contributed by atoms with E-state index in [4.69, 9.17) is 14.2 Å². The number of ether oxygens (including phenoxy) is 3. The fourth-order valence-corrected chi connectivity index (χ4v) is 5.03. The lowest BCUT2D eigenvalue weighted by molar-refractivity contribution is 0.0345. The smallest absolute Gasteiger partial charge is 0.154 e. The molecular weight excluding hydrogens is 312 g/mol. The van der Waals surface area contributed by atoms with E-state index in [1.54, 1.807) is 7.11 Å². The largest absolute Gasteiger partial charge is 0.382 e. The van der Waals surface area contributed by atoms with Crippen LogP contribution in [0.25, 0.3) is 0 Å². The van der Waals surface area contributed by atoms with E-state index in [0.29, 0.717) is 26.4 Å². The molecule has 0 radical (unpaired) electrons. The van der Waals surface area contributed by atoms with E-state index >= 15 is 0 Å². The van der Waals surface area contributed by atoms with Crippen LogP contribution in [-0.2, 0) is 24.0 Å². The van der Waals surface area contributed by atoms with Gasteiger partial charge in [0.05, 0.1) is 35.7 Å². The molecule has 1 rings (SSSR count). The van der Waals surface area contributed by atoms with E-state index in [-0.39, 0.29) is 22.4 Å². The van der Waals surface area contributed by atoms with Crippen molar-refractivity contribution in [3.05, 3.63) is 0 Å². The molecule has 5 nitrogen and oxygen atoms in total. The molecule has 1 aliphatic rings. The van der Waals surface area contributed by atoms with Crippen molar-refractivity contribution in [2.75, 3.05) is 45.0 Å². The fourth-order valence-electron chi connectivity index (χ4n) is 1.57. The lowest BCUT2D eigenvalue weighted by atomic mass is 10.3. The van der Waals surface area contributed by atoms with Gasteiger partial charge in [0, 0.05) is 20.3 Å². The van der Waals surface area contributed by atoms with Gasteiger partial charge in [-0.15, -0.1) is 0 Å². The van der Waals surface area contributed by atoms with E-state index in [9.17, 15) is 8.42 Å². The molecule has 102 valence electrons. The minimum absolute atomic E-state index is 0.0816. The summed E-state index contributed by atoms with van der Waals surface area (Å²) in [4.78, 5) is -0.0816. The summed E-state index contributed by atoms with van der Waals surface area (Å²) in [6, 6.07) is 0. The lowest BCUT2D eigenvalue weighted by Crippen LogP contribution is -2.23. The van der Waals surface area contributed by atoms with E-state index in [1.165, 1.54) is 0 Å². The van der Waals surface area contributed by atoms with Crippen molar-refractivity contribution in [1.29, 1.82) is 0 Å². The Morgan fingerprint density at radius 2 is 1.94 bits per heavy atom. The maximum absolute atomic E-state index is 11.3. The average Bonchev–Trinajstić information content (AvgIpc) is 2.51. The average molecular weight is 331 g/mol. The Labute approximate surface area is 111 Å². The lowest BCUT2D eigenvalue weighted by Gasteiger charge is -2.13. The standard InChI is InChI=1S/C10H19BrO5S/c1-14-5-6-15-3-2-4-16-10-8-17(12,13)7-9(10)11/h9-10H,2-8H2,1H3. The molecule has 0 spiro atoms. The molecule has 0 aromatic rings. The van der Waals surface area contributed by atoms with Gasteiger partial charge < -0.3 is 14.2 Å². The first-order chi connectivity index (χ1) is 8.05. The van der Waals surface area contributed by atoms with Crippen LogP contribution < -0.4 is 0 Å². The zero-order chi connectivity index (χ0) is 12.7. The van der Waals surface area contributed by atoms with Crippen molar-refractivity contribution >= 4 is 25.8 Å². The van der Waals surface area contributed by atoms with Crippen LogP contribution in [0.2, 0.25) is 0 Å². The van der Waals surface area contributed by atoms with Crippen molar-refractivity contribution < 1.29 is 22.6 Å². The molecule has 2 atom stereocenters. The SMILES string of the molecule is COCCOCCCOC1CS(=O)(=O)CC1Br. The predicted molar refractivity (Wildman–Crippen MR) is 68.4 cm³/mol. The van der Waals surface area contributed by atoms with Gasteiger partial charge in [0.25, 0.3) is 0 Å². The molecule has 0 amide bonds. The van der Waals surface area contributed by atoms with Gasteiger partial charge in [-0.25, -0.2) is 8.42 Å². The third kappa shape index (κ3) is 6.15. The Morgan fingerprint density at radius 3 is 2.53 bits per heavy atom. The molecule has 1 fully saturated rings. The monoisotopic (exact) mass is 330 g/mol. The molecule has 0 N–H and O–H groups in total. The Bertz CT molecular complexity index is 306. The Hall–Kier alpha value is 0.310. The molecule has 7 heteroatoms. The number of hydrogen-bond donors (Lipinski definition) is 0. The second kappa shape index (κ2) is 7.68. The number of rotatable bonds is 8. The second-order valence-corrected chi connectivity index (χ2v) is 7.29. The molecule has 1 aliphatic heterocycles. The number of alkyl halides is 1. The summed E-state index contributed by atoms with van der Waals surface area (Å²) >= 11 is 3.33. The summed E-state index contributed by atoms with van der Waals surface area (Å²) in [5.74, 6) is 0.287. The quantitative estimate of drug-likeness (QED) is 0.482. The van der Waals surface area contributed by atoms with Crippen LogP contribution in [0, 0.1) is 0 Å². The number of sulfone groups is 1. The number of halogens is 1. The highest BCUT2D eigenvalue weighted by Gasteiger charge is 2.36. The van der Waals surface area contributed by atoms with Crippen LogP contribution >= 0.6 is 15.9 Å². The van der Waals surface area contributed by atoms with E-state index in [2.05, 4.69) is 15.9 Å². The van der Waals surface area contributed by atoms with Crippen LogP contribution in [-0.4, -0.2) is 64.4 Å². The van der Waals surface area contributed by atoms with E-state index in [0.717, 1.165) is 6.42 Å². The first-order valence-corrected chi connectivity index (χ1v) is 8.31. The molecule has 0 aliphatic carbocycles. The molecule has 0 aromatic carbocycles. The van der Waals surface area contributed by atoms with Gasteiger partial charge in [0.15, 0.2) is 9.84 Å². The van der Waals surface area contributed by atoms with Crippen LogP contribution in [0.1, 0.15) is 6.42 Å².